The Morgan fingerprint density at radius 3 is 2.40 bits per heavy atom. The van der Waals surface area contributed by atoms with Gasteiger partial charge in [0.25, 0.3) is 5.91 Å². The van der Waals surface area contributed by atoms with Crippen molar-refractivity contribution in [1.82, 2.24) is 0 Å². The van der Waals surface area contributed by atoms with Crippen LogP contribution in [0.15, 0.2) is 83.5 Å². The number of amides is 1. The van der Waals surface area contributed by atoms with E-state index in [2.05, 4.69) is 5.32 Å². The first-order valence-electron chi connectivity index (χ1n) is 9.32. The lowest BCUT2D eigenvalue weighted by atomic mass is 10.0. The van der Waals surface area contributed by atoms with Crippen LogP contribution in [0.4, 0.5) is 5.69 Å². The lowest BCUT2D eigenvalue weighted by Crippen LogP contribution is -2.20. The Bertz CT molecular complexity index is 1180. The van der Waals surface area contributed by atoms with Crippen molar-refractivity contribution in [3.8, 4) is 11.5 Å². The molecule has 1 aromatic heterocycles. The summed E-state index contributed by atoms with van der Waals surface area (Å²) in [5, 5.41) is 3.39. The molecule has 0 spiro atoms. The molecule has 3 aromatic carbocycles. The van der Waals surface area contributed by atoms with Gasteiger partial charge < -0.3 is 19.2 Å². The maximum Gasteiger partial charge on any atom is 0.262 e. The predicted octanol–water partition coefficient (Wildman–Crippen LogP) is 4.69. The van der Waals surface area contributed by atoms with Gasteiger partial charge in [-0.1, -0.05) is 30.3 Å². The molecule has 0 aliphatic carbocycles. The van der Waals surface area contributed by atoms with Crippen LogP contribution in [0.25, 0.3) is 11.0 Å². The topological polar surface area (TPSA) is 77.8 Å². The zero-order valence-corrected chi connectivity index (χ0v) is 16.3. The zero-order valence-electron chi connectivity index (χ0n) is 16.3. The van der Waals surface area contributed by atoms with Crippen molar-refractivity contribution >= 4 is 28.3 Å². The number of rotatable bonds is 7. The number of methoxy groups -OCH3 is 1. The quantitative estimate of drug-likeness (QED) is 0.455. The van der Waals surface area contributed by atoms with E-state index in [4.69, 9.17) is 13.9 Å². The first-order chi connectivity index (χ1) is 14.6. The van der Waals surface area contributed by atoms with Crippen molar-refractivity contribution in [2.24, 2.45) is 0 Å². The highest BCUT2D eigenvalue weighted by atomic mass is 16.5. The van der Waals surface area contributed by atoms with Crippen LogP contribution in [0.3, 0.4) is 0 Å². The van der Waals surface area contributed by atoms with E-state index < -0.39 is 0 Å². The zero-order chi connectivity index (χ0) is 20.9. The van der Waals surface area contributed by atoms with Gasteiger partial charge >= 0.3 is 0 Å². The van der Waals surface area contributed by atoms with Gasteiger partial charge in [0.1, 0.15) is 23.3 Å². The van der Waals surface area contributed by atoms with Crippen LogP contribution in [0.2, 0.25) is 0 Å². The maximum atomic E-state index is 12.8. The Balaban J connectivity index is 1.45. The van der Waals surface area contributed by atoms with Gasteiger partial charge in [-0.3, -0.25) is 9.59 Å². The summed E-state index contributed by atoms with van der Waals surface area (Å²) in [7, 11) is 1.58. The molecular weight excluding hydrogens is 382 g/mol. The maximum absolute atomic E-state index is 12.8. The van der Waals surface area contributed by atoms with Gasteiger partial charge in [-0.05, 0) is 42.5 Å². The number of ketones is 1. The third-order valence-electron chi connectivity index (χ3n) is 4.57. The van der Waals surface area contributed by atoms with Crippen LogP contribution in [0.1, 0.15) is 15.9 Å². The number of carbonyl (C=O) groups excluding carboxylic acids is 2. The van der Waals surface area contributed by atoms with Crippen LogP contribution < -0.4 is 14.8 Å². The smallest absolute Gasteiger partial charge is 0.262 e. The summed E-state index contributed by atoms with van der Waals surface area (Å²) in [4.78, 5) is 24.9. The number of hydrogen-bond acceptors (Lipinski definition) is 5. The molecule has 4 aromatic rings. The molecule has 1 heterocycles. The first kappa shape index (κ1) is 19.3. The molecule has 0 aliphatic rings. The SMILES string of the molecule is COc1ccc(NC(=O)COc2ccc3occ(C(=O)c4ccccc4)c3c2)cc1. The molecule has 0 bridgehead atoms. The molecule has 1 amide bonds. The van der Waals surface area contributed by atoms with Crippen molar-refractivity contribution in [1.29, 1.82) is 0 Å². The fraction of sp³-hybridized carbons (Fsp3) is 0.0833. The Morgan fingerprint density at radius 1 is 0.933 bits per heavy atom. The minimum Gasteiger partial charge on any atom is -0.497 e. The van der Waals surface area contributed by atoms with Crippen LogP contribution in [0.5, 0.6) is 11.5 Å². The van der Waals surface area contributed by atoms with Crippen molar-refractivity contribution in [2.45, 2.75) is 0 Å². The summed E-state index contributed by atoms with van der Waals surface area (Å²) in [5.74, 6) is 0.742. The molecule has 1 N–H and O–H groups in total. The molecule has 30 heavy (non-hydrogen) atoms. The van der Waals surface area contributed by atoms with E-state index in [1.807, 2.05) is 18.2 Å². The van der Waals surface area contributed by atoms with Crippen LogP contribution in [-0.2, 0) is 4.79 Å². The Morgan fingerprint density at radius 2 is 1.67 bits per heavy atom. The van der Waals surface area contributed by atoms with Gasteiger partial charge in [0, 0.05) is 16.6 Å². The minimum absolute atomic E-state index is 0.135. The van der Waals surface area contributed by atoms with E-state index in [1.54, 1.807) is 61.7 Å². The molecule has 6 nitrogen and oxygen atoms in total. The van der Waals surface area contributed by atoms with Gasteiger partial charge in [-0.15, -0.1) is 0 Å². The van der Waals surface area contributed by atoms with E-state index >= 15 is 0 Å². The second kappa shape index (κ2) is 8.53. The minimum atomic E-state index is -0.298. The fourth-order valence-electron chi connectivity index (χ4n) is 3.04. The van der Waals surface area contributed by atoms with Gasteiger partial charge in [0.15, 0.2) is 12.4 Å². The lowest BCUT2D eigenvalue weighted by Gasteiger charge is -2.08. The van der Waals surface area contributed by atoms with Crippen LogP contribution in [0, 0.1) is 0 Å². The van der Waals surface area contributed by atoms with Crippen LogP contribution in [-0.4, -0.2) is 25.4 Å². The van der Waals surface area contributed by atoms with Gasteiger partial charge in [-0.2, -0.15) is 0 Å². The molecular formula is C24H19NO5. The predicted molar refractivity (Wildman–Crippen MR) is 113 cm³/mol. The van der Waals surface area contributed by atoms with Gasteiger partial charge in [-0.25, -0.2) is 0 Å². The van der Waals surface area contributed by atoms with E-state index in [0.29, 0.717) is 39.3 Å². The lowest BCUT2D eigenvalue weighted by molar-refractivity contribution is -0.118. The average molecular weight is 401 g/mol. The fourth-order valence-corrected chi connectivity index (χ4v) is 3.04. The molecule has 0 radical (unpaired) electrons. The highest BCUT2D eigenvalue weighted by Crippen LogP contribution is 2.27. The van der Waals surface area contributed by atoms with E-state index in [-0.39, 0.29) is 18.3 Å². The number of ether oxygens (including phenoxy) is 2. The summed E-state index contributed by atoms with van der Waals surface area (Å²) in [5.41, 5.74) is 2.24. The first-order valence-corrected chi connectivity index (χ1v) is 9.32. The molecule has 150 valence electrons. The van der Waals surface area contributed by atoms with Crippen molar-refractivity contribution < 1.29 is 23.5 Å². The standard InChI is InChI=1S/C24H19NO5/c1-28-18-9-7-17(8-10-18)25-23(26)15-29-19-11-12-22-20(13-19)21(14-30-22)24(27)16-5-3-2-4-6-16/h2-14H,15H2,1H3,(H,25,26). The average Bonchev–Trinajstić information content (AvgIpc) is 3.21. The summed E-state index contributed by atoms with van der Waals surface area (Å²) < 4.78 is 16.2. The van der Waals surface area contributed by atoms with Gasteiger partial charge in [0.05, 0.1) is 12.7 Å². The second-order valence-electron chi connectivity index (χ2n) is 6.57. The monoisotopic (exact) mass is 401 g/mol. The summed E-state index contributed by atoms with van der Waals surface area (Å²) in [6.45, 7) is -0.169. The Kier molecular flexibility index (Phi) is 5.48. The summed E-state index contributed by atoms with van der Waals surface area (Å²) >= 11 is 0. The second-order valence-corrected chi connectivity index (χ2v) is 6.57. The molecule has 4 rings (SSSR count). The highest BCUT2D eigenvalue weighted by Gasteiger charge is 2.16. The van der Waals surface area contributed by atoms with E-state index in [0.717, 1.165) is 0 Å². The number of furan rings is 1. The highest BCUT2D eigenvalue weighted by molar-refractivity contribution is 6.16. The molecule has 0 unspecified atom stereocenters. The van der Waals surface area contributed by atoms with Crippen molar-refractivity contribution in [3.05, 3.63) is 90.2 Å². The third-order valence-corrected chi connectivity index (χ3v) is 4.57. The molecule has 0 saturated carbocycles. The van der Waals surface area contributed by atoms with Crippen molar-refractivity contribution in [3.63, 3.8) is 0 Å². The largest absolute Gasteiger partial charge is 0.497 e. The van der Waals surface area contributed by atoms with Gasteiger partial charge in [0.2, 0.25) is 0 Å². The normalized spacial score (nSPS) is 10.6. The van der Waals surface area contributed by atoms with Crippen LogP contribution >= 0.6 is 0 Å². The molecule has 0 saturated heterocycles. The Hall–Kier alpha value is -4.06. The Labute approximate surface area is 173 Å². The number of hydrogen-bond donors (Lipinski definition) is 1. The van der Waals surface area contributed by atoms with E-state index in [9.17, 15) is 9.59 Å². The summed E-state index contributed by atoms with van der Waals surface area (Å²) in [6, 6.07) is 21.1. The number of carbonyl (C=O) groups is 2. The van der Waals surface area contributed by atoms with E-state index in [1.165, 1.54) is 6.26 Å². The number of nitrogens with one attached hydrogen (secondary N) is 1. The molecule has 6 heteroatoms. The molecule has 0 atom stereocenters. The number of anilines is 1. The molecule has 0 fully saturated rings. The molecule has 0 aliphatic heterocycles. The summed E-state index contributed by atoms with van der Waals surface area (Å²) in [6.07, 6.45) is 1.44. The number of fused-ring (bicyclic) bond motifs is 1. The van der Waals surface area contributed by atoms with Crippen molar-refractivity contribution in [2.75, 3.05) is 19.0 Å². The number of benzene rings is 3. The third kappa shape index (κ3) is 4.17.